The van der Waals surface area contributed by atoms with E-state index in [-0.39, 0.29) is 16.9 Å². The van der Waals surface area contributed by atoms with Crippen LogP contribution in [0.15, 0.2) is 138 Å². The molecule has 0 bridgehead atoms. The van der Waals surface area contributed by atoms with Gasteiger partial charge in [0.05, 0.1) is 5.25 Å². The molecule has 1 atom stereocenters. The minimum Gasteiger partial charge on any atom is -0.325 e. The second kappa shape index (κ2) is 15.3. The molecule has 5 rings (SSSR count). The summed E-state index contributed by atoms with van der Waals surface area (Å²) >= 11 is 7.58. The van der Waals surface area contributed by atoms with Crippen LogP contribution in [0.2, 0.25) is 5.02 Å². The van der Waals surface area contributed by atoms with Crippen molar-refractivity contribution >= 4 is 58.5 Å². The maximum Gasteiger partial charge on any atom is 0.272 e. The number of thioether (sulfide) groups is 1. The Morgan fingerprint density at radius 2 is 1.33 bits per heavy atom. The highest BCUT2D eigenvalue weighted by molar-refractivity contribution is 8.00. The predicted molar refractivity (Wildman–Crippen MR) is 189 cm³/mol. The summed E-state index contributed by atoms with van der Waals surface area (Å²) in [5.41, 5.74) is 5.54. The molecule has 8 heteroatoms. The molecule has 0 fully saturated rings. The quantitative estimate of drug-likeness (QED) is 0.105. The van der Waals surface area contributed by atoms with E-state index in [0.29, 0.717) is 22.0 Å². The van der Waals surface area contributed by atoms with Gasteiger partial charge in [0, 0.05) is 26.9 Å². The maximum absolute atomic E-state index is 13.5. The van der Waals surface area contributed by atoms with Crippen molar-refractivity contribution in [1.82, 2.24) is 5.32 Å². The Hall–Kier alpha value is -5.11. The largest absolute Gasteiger partial charge is 0.325 e. The van der Waals surface area contributed by atoms with Crippen LogP contribution in [0.25, 0.3) is 17.2 Å². The zero-order valence-electron chi connectivity index (χ0n) is 25.3. The van der Waals surface area contributed by atoms with Crippen LogP contribution in [0.1, 0.15) is 28.4 Å². The molecule has 3 amide bonds. The number of halogens is 1. The first-order valence-corrected chi connectivity index (χ1v) is 15.9. The fourth-order valence-corrected chi connectivity index (χ4v) is 5.55. The van der Waals surface area contributed by atoms with Crippen molar-refractivity contribution in [2.45, 2.75) is 24.0 Å². The smallest absolute Gasteiger partial charge is 0.272 e. The van der Waals surface area contributed by atoms with Gasteiger partial charge in [-0.05, 0) is 90.7 Å². The topological polar surface area (TPSA) is 87.3 Å². The third-order valence-electron chi connectivity index (χ3n) is 7.09. The number of amides is 3. The van der Waals surface area contributed by atoms with Crippen molar-refractivity contribution in [2.75, 3.05) is 10.6 Å². The molecule has 0 saturated heterocycles. The predicted octanol–water partition coefficient (Wildman–Crippen LogP) is 8.84. The Kier molecular flexibility index (Phi) is 10.7. The second-order valence-electron chi connectivity index (χ2n) is 10.6. The first-order valence-electron chi connectivity index (χ1n) is 14.6. The van der Waals surface area contributed by atoms with Crippen molar-refractivity contribution in [2.24, 2.45) is 0 Å². The molecule has 1 unspecified atom stereocenters. The van der Waals surface area contributed by atoms with Gasteiger partial charge in [0.15, 0.2) is 0 Å². The zero-order chi connectivity index (χ0) is 32.5. The molecule has 5 aromatic carbocycles. The molecule has 46 heavy (non-hydrogen) atoms. The van der Waals surface area contributed by atoms with E-state index in [0.717, 1.165) is 27.1 Å². The Morgan fingerprint density at radius 3 is 1.98 bits per heavy atom. The summed E-state index contributed by atoms with van der Waals surface area (Å²) in [6.45, 7) is 3.73. The van der Waals surface area contributed by atoms with Gasteiger partial charge < -0.3 is 16.0 Å². The van der Waals surface area contributed by atoms with Crippen molar-refractivity contribution in [3.05, 3.63) is 155 Å². The van der Waals surface area contributed by atoms with Crippen LogP contribution in [0.3, 0.4) is 0 Å². The van der Waals surface area contributed by atoms with Crippen LogP contribution in [-0.4, -0.2) is 23.0 Å². The Labute approximate surface area is 277 Å². The molecule has 6 nitrogen and oxygen atoms in total. The van der Waals surface area contributed by atoms with E-state index in [1.54, 1.807) is 48.5 Å². The molecule has 0 aromatic heterocycles. The fraction of sp³-hybridized carbons (Fsp3) is 0.0789. The van der Waals surface area contributed by atoms with Gasteiger partial charge in [-0.25, -0.2) is 0 Å². The number of anilines is 2. The first kappa shape index (κ1) is 32.3. The SMILES string of the molecule is Cc1ccc(NC(=O)C(C)Sc2ccc(NC(=O)/C(=C/c3ccc(-c4ccccc4)cc3)NC(=O)c3ccccc3)cc2)cc1Cl. The van der Waals surface area contributed by atoms with Crippen LogP contribution < -0.4 is 16.0 Å². The molecular formula is C38H32ClN3O3S. The summed E-state index contributed by atoms with van der Waals surface area (Å²) in [5, 5.41) is 8.77. The van der Waals surface area contributed by atoms with E-state index in [9.17, 15) is 14.4 Å². The summed E-state index contributed by atoms with van der Waals surface area (Å²) < 4.78 is 0. The molecule has 0 spiro atoms. The number of aryl methyl sites for hydroxylation is 1. The van der Waals surface area contributed by atoms with Crippen LogP contribution >= 0.6 is 23.4 Å². The number of rotatable bonds is 10. The zero-order valence-corrected chi connectivity index (χ0v) is 26.9. The third-order valence-corrected chi connectivity index (χ3v) is 8.61. The second-order valence-corrected chi connectivity index (χ2v) is 12.4. The molecule has 0 radical (unpaired) electrons. The number of carbonyl (C=O) groups is 3. The number of hydrogen-bond donors (Lipinski definition) is 3. The van der Waals surface area contributed by atoms with E-state index in [4.69, 9.17) is 11.6 Å². The highest BCUT2D eigenvalue weighted by Crippen LogP contribution is 2.27. The Morgan fingerprint density at radius 1 is 0.717 bits per heavy atom. The number of hydrogen-bond acceptors (Lipinski definition) is 4. The van der Waals surface area contributed by atoms with E-state index < -0.39 is 11.8 Å². The lowest BCUT2D eigenvalue weighted by atomic mass is 10.0. The minimum absolute atomic E-state index is 0.0984. The van der Waals surface area contributed by atoms with Crippen molar-refractivity contribution < 1.29 is 14.4 Å². The summed E-state index contributed by atoms with van der Waals surface area (Å²) in [4.78, 5) is 40.1. The molecule has 0 saturated carbocycles. The molecule has 230 valence electrons. The number of benzene rings is 5. The fourth-order valence-electron chi connectivity index (χ4n) is 4.50. The molecule has 0 aliphatic heterocycles. The number of carbonyl (C=O) groups excluding carboxylic acids is 3. The van der Waals surface area contributed by atoms with Gasteiger partial charge in [0.2, 0.25) is 5.91 Å². The van der Waals surface area contributed by atoms with Crippen LogP contribution in [0.4, 0.5) is 11.4 Å². The lowest BCUT2D eigenvalue weighted by molar-refractivity contribution is -0.115. The molecule has 5 aromatic rings. The lowest BCUT2D eigenvalue weighted by Gasteiger charge is -2.14. The van der Waals surface area contributed by atoms with Gasteiger partial charge in [-0.1, -0.05) is 90.5 Å². The van der Waals surface area contributed by atoms with Crippen LogP contribution in [0, 0.1) is 6.92 Å². The molecule has 0 aliphatic rings. The summed E-state index contributed by atoms with van der Waals surface area (Å²) in [6.07, 6.45) is 1.65. The van der Waals surface area contributed by atoms with Gasteiger partial charge in [0.25, 0.3) is 11.8 Å². The van der Waals surface area contributed by atoms with E-state index in [1.165, 1.54) is 11.8 Å². The standard InChI is InChI=1S/C38H32ClN3O3S/c1-25-13-18-32(24-34(25)39)41-36(43)26(2)46-33-21-19-31(20-22-33)40-38(45)35(42-37(44)30-11-7-4-8-12-30)23-27-14-16-29(17-15-27)28-9-5-3-6-10-28/h3-24,26H,1-2H3,(H,40,45)(H,41,43)(H,42,44)/b35-23-. The van der Waals surface area contributed by atoms with Gasteiger partial charge >= 0.3 is 0 Å². The highest BCUT2D eigenvalue weighted by Gasteiger charge is 2.17. The normalized spacial score (nSPS) is 11.8. The molecule has 0 aliphatic carbocycles. The van der Waals surface area contributed by atoms with Gasteiger partial charge in [-0.2, -0.15) is 0 Å². The molecule has 0 heterocycles. The average Bonchev–Trinajstić information content (AvgIpc) is 3.08. The highest BCUT2D eigenvalue weighted by atomic mass is 35.5. The average molecular weight is 646 g/mol. The van der Waals surface area contributed by atoms with E-state index in [1.807, 2.05) is 98.8 Å². The van der Waals surface area contributed by atoms with Crippen molar-refractivity contribution in [3.63, 3.8) is 0 Å². The van der Waals surface area contributed by atoms with Gasteiger partial charge in [-0.3, -0.25) is 14.4 Å². The van der Waals surface area contributed by atoms with Gasteiger partial charge in [-0.15, -0.1) is 11.8 Å². The monoisotopic (exact) mass is 645 g/mol. The summed E-state index contributed by atoms with van der Waals surface area (Å²) in [5.74, 6) is -1.01. The summed E-state index contributed by atoms with van der Waals surface area (Å²) in [6, 6.07) is 39.1. The molecule has 3 N–H and O–H groups in total. The van der Waals surface area contributed by atoms with E-state index in [2.05, 4.69) is 16.0 Å². The van der Waals surface area contributed by atoms with Gasteiger partial charge in [0.1, 0.15) is 5.70 Å². The first-order chi connectivity index (χ1) is 22.2. The maximum atomic E-state index is 13.5. The van der Waals surface area contributed by atoms with Crippen LogP contribution in [0.5, 0.6) is 0 Å². The Bertz CT molecular complexity index is 1860. The molecular weight excluding hydrogens is 614 g/mol. The Balaban J connectivity index is 1.27. The number of nitrogens with one attached hydrogen (secondary N) is 3. The van der Waals surface area contributed by atoms with Crippen molar-refractivity contribution in [3.8, 4) is 11.1 Å². The van der Waals surface area contributed by atoms with E-state index >= 15 is 0 Å². The minimum atomic E-state index is -0.471. The van der Waals surface area contributed by atoms with Crippen LogP contribution in [-0.2, 0) is 9.59 Å². The summed E-state index contributed by atoms with van der Waals surface area (Å²) in [7, 11) is 0. The lowest BCUT2D eigenvalue weighted by Crippen LogP contribution is -2.30. The van der Waals surface area contributed by atoms with Crippen molar-refractivity contribution in [1.29, 1.82) is 0 Å². The third kappa shape index (κ3) is 8.75.